The Hall–Kier alpha value is -3.33. The standard InChI is InChI=1S/C22H22BrN7O/c1-29(2)22(31)30-7-5-13(6-8-30)19-10-16-20(17(23)12-24-21(16)27-19)26-15-3-4-18-14(9-15)11-25-28-18/h3-5,9-12H,6-8H2,1-2H3,(H,25,28)(H2,24,26,27). The lowest BCUT2D eigenvalue weighted by Gasteiger charge is -2.28. The Bertz CT molecular complexity index is 1320. The lowest BCUT2D eigenvalue weighted by atomic mass is 10.0. The number of hydrogen-bond acceptors (Lipinski definition) is 4. The van der Waals surface area contributed by atoms with E-state index in [-0.39, 0.29) is 6.03 Å². The first kappa shape index (κ1) is 19.6. The van der Waals surface area contributed by atoms with Crippen molar-refractivity contribution in [3.05, 3.63) is 52.9 Å². The van der Waals surface area contributed by atoms with Gasteiger partial charge in [0.25, 0.3) is 0 Å². The Morgan fingerprint density at radius 1 is 1.26 bits per heavy atom. The van der Waals surface area contributed by atoms with Crippen LogP contribution in [0.15, 0.2) is 47.2 Å². The second-order valence-electron chi connectivity index (χ2n) is 7.83. The van der Waals surface area contributed by atoms with Crippen LogP contribution in [0.3, 0.4) is 0 Å². The molecular weight excluding hydrogens is 458 g/mol. The van der Waals surface area contributed by atoms with Crippen molar-refractivity contribution in [3.8, 4) is 0 Å². The minimum Gasteiger partial charge on any atom is -0.354 e. The third-order valence-electron chi connectivity index (χ3n) is 5.53. The molecule has 0 fully saturated rings. The van der Waals surface area contributed by atoms with Gasteiger partial charge in [0.2, 0.25) is 0 Å². The minimum absolute atomic E-state index is 0.0404. The number of carbonyl (C=O) groups is 1. The van der Waals surface area contributed by atoms with Gasteiger partial charge in [0.05, 0.1) is 21.9 Å². The Balaban J connectivity index is 1.46. The zero-order chi connectivity index (χ0) is 21.5. The van der Waals surface area contributed by atoms with E-state index in [9.17, 15) is 4.79 Å². The number of nitrogens with zero attached hydrogens (tertiary/aromatic N) is 4. The number of aromatic amines is 2. The second-order valence-corrected chi connectivity index (χ2v) is 8.68. The number of halogens is 1. The highest BCUT2D eigenvalue weighted by molar-refractivity contribution is 9.10. The molecule has 31 heavy (non-hydrogen) atoms. The van der Waals surface area contributed by atoms with Gasteiger partial charge in [-0.3, -0.25) is 5.10 Å². The molecule has 3 N–H and O–H groups in total. The molecule has 8 nitrogen and oxygen atoms in total. The molecule has 4 heterocycles. The third kappa shape index (κ3) is 3.65. The monoisotopic (exact) mass is 479 g/mol. The van der Waals surface area contributed by atoms with Crippen LogP contribution in [0.4, 0.5) is 16.2 Å². The summed E-state index contributed by atoms with van der Waals surface area (Å²) in [7, 11) is 3.56. The Morgan fingerprint density at radius 3 is 2.90 bits per heavy atom. The number of H-pyrrole nitrogens is 2. The van der Waals surface area contributed by atoms with Gasteiger partial charge >= 0.3 is 6.03 Å². The molecule has 0 saturated carbocycles. The Labute approximate surface area is 187 Å². The first-order valence-corrected chi connectivity index (χ1v) is 10.8. The normalized spacial score (nSPS) is 14.2. The van der Waals surface area contributed by atoms with Crippen LogP contribution in [-0.2, 0) is 0 Å². The van der Waals surface area contributed by atoms with Gasteiger partial charge in [-0.1, -0.05) is 6.08 Å². The van der Waals surface area contributed by atoms with E-state index in [1.165, 1.54) is 5.57 Å². The lowest BCUT2D eigenvalue weighted by Crippen LogP contribution is -2.41. The molecule has 0 saturated heterocycles. The number of amides is 2. The number of hydrogen-bond donors (Lipinski definition) is 3. The van der Waals surface area contributed by atoms with Crippen molar-refractivity contribution in [1.82, 2.24) is 30.0 Å². The van der Waals surface area contributed by atoms with Gasteiger partial charge in [0.15, 0.2) is 0 Å². The van der Waals surface area contributed by atoms with Gasteiger partial charge in [-0.05, 0) is 52.2 Å². The number of rotatable bonds is 3. The molecule has 0 spiro atoms. The van der Waals surface area contributed by atoms with Gasteiger partial charge in [-0.25, -0.2) is 9.78 Å². The number of pyridine rings is 1. The van der Waals surface area contributed by atoms with Crippen molar-refractivity contribution in [2.24, 2.45) is 0 Å². The average molecular weight is 480 g/mol. The summed E-state index contributed by atoms with van der Waals surface area (Å²) in [5.41, 5.74) is 5.97. The molecular formula is C22H22BrN7O. The van der Waals surface area contributed by atoms with Gasteiger partial charge in [0, 0.05) is 55.5 Å². The van der Waals surface area contributed by atoms with Crippen LogP contribution < -0.4 is 5.32 Å². The zero-order valence-electron chi connectivity index (χ0n) is 17.2. The summed E-state index contributed by atoms with van der Waals surface area (Å²) in [5.74, 6) is 0. The van der Waals surface area contributed by atoms with Crippen LogP contribution >= 0.6 is 15.9 Å². The van der Waals surface area contributed by atoms with Crippen molar-refractivity contribution in [2.45, 2.75) is 6.42 Å². The van der Waals surface area contributed by atoms with E-state index in [0.717, 1.165) is 49.9 Å². The molecule has 0 bridgehead atoms. The molecule has 1 aliphatic rings. The largest absolute Gasteiger partial charge is 0.354 e. The average Bonchev–Trinajstić information content (AvgIpc) is 3.42. The first-order valence-electron chi connectivity index (χ1n) is 10.0. The fourth-order valence-electron chi connectivity index (χ4n) is 3.89. The van der Waals surface area contributed by atoms with E-state index in [4.69, 9.17) is 0 Å². The van der Waals surface area contributed by atoms with Crippen LogP contribution in [0.2, 0.25) is 0 Å². The third-order valence-corrected chi connectivity index (χ3v) is 6.13. The molecule has 5 rings (SSSR count). The molecule has 3 aromatic heterocycles. The summed E-state index contributed by atoms with van der Waals surface area (Å²) in [6.07, 6.45) is 6.53. The number of benzene rings is 1. The lowest BCUT2D eigenvalue weighted by molar-refractivity contribution is 0.176. The molecule has 0 radical (unpaired) electrons. The second kappa shape index (κ2) is 7.73. The fraction of sp³-hybridized carbons (Fsp3) is 0.227. The van der Waals surface area contributed by atoms with Crippen molar-refractivity contribution in [3.63, 3.8) is 0 Å². The van der Waals surface area contributed by atoms with Crippen LogP contribution in [0.1, 0.15) is 12.1 Å². The van der Waals surface area contributed by atoms with E-state index in [1.54, 1.807) is 25.2 Å². The van der Waals surface area contributed by atoms with E-state index in [2.05, 4.69) is 59.6 Å². The predicted molar refractivity (Wildman–Crippen MR) is 126 cm³/mol. The maximum absolute atomic E-state index is 12.2. The number of urea groups is 1. The maximum atomic E-state index is 12.2. The summed E-state index contributed by atoms with van der Waals surface area (Å²) in [6, 6.07) is 8.25. The number of nitrogens with one attached hydrogen (secondary N) is 3. The van der Waals surface area contributed by atoms with Crippen LogP contribution in [-0.4, -0.2) is 63.2 Å². The molecule has 9 heteroatoms. The summed E-state index contributed by atoms with van der Waals surface area (Å²) in [5, 5.41) is 12.6. The van der Waals surface area contributed by atoms with E-state index in [1.807, 2.05) is 23.2 Å². The molecule has 158 valence electrons. The quantitative estimate of drug-likeness (QED) is 0.396. The molecule has 0 unspecified atom stereocenters. The SMILES string of the molecule is CN(C)C(=O)N1CC=C(c2cc3c(Nc4ccc5[nH]ncc5c4)c(Br)cnc3[nH]2)CC1. The molecule has 2 amide bonds. The summed E-state index contributed by atoms with van der Waals surface area (Å²) in [6.45, 7) is 1.31. The van der Waals surface area contributed by atoms with Crippen molar-refractivity contribution >= 4 is 60.8 Å². The zero-order valence-corrected chi connectivity index (χ0v) is 18.8. The Kier molecular flexibility index (Phi) is 4.90. The molecule has 0 atom stereocenters. The molecule has 4 aromatic rings. The predicted octanol–water partition coefficient (Wildman–Crippen LogP) is 4.72. The van der Waals surface area contributed by atoms with Gasteiger partial charge < -0.3 is 20.1 Å². The van der Waals surface area contributed by atoms with E-state index >= 15 is 0 Å². The van der Waals surface area contributed by atoms with E-state index in [0.29, 0.717) is 13.1 Å². The van der Waals surface area contributed by atoms with Crippen molar-refractivity contribution in [1.29, 1.82) is 0 Å². The number of carbonyl (C=O) groups excluding carboxylic acids is 1. The number of anilines is 2. The first-order chi connectivity index (χ1) is 15.0. The maximum Gasteiger partial charge on any atom is 0.319 e. The van der Waals surface area contributed by atoms with Crippen molar-refractivity contribution in [2.75, 3.05) is 32.5 Å². The van der Waals surface area contributed by atoms with Crippen LogP contribution in [0.25, 0.3) is 27.5 Å². The summed E-state index contributed by atoms with van der Waals surface area (Å²) < 4.78 is 0.887. The van der Waals surface area contributed by atoms with Gasteiger partial charge in [-0.15, -0.1) is 0 Å². The van der Waals surface area contributed by atoms with Crippen LogP contribution in [0.5, 0.6) is 0 Å². The minimum atomic E-state index is 0.0404. The topological polar surface area (TPSA) is 92.9 Å². The highest BCUT2D eigenvalue weighted by Crippen LogP contribution is 2.35. The van der Waals surface area contributed by atoms with Crippen LogP contribution in [0, 0.1) is 0 Å². The molecule has 0 aliphatic carbocycles. The van der Waals surface area contributed by atoms with Gasteiger partial charge in [0.1, 0.15) is 5.65 Å². The van der Waals surface area contributed by atoms with Gasteiger partial charge in [-0.2, -0.15) is 5.10 Å². The molecule has 1 aliphatic heterocycles. The van der Waals surface area contributed by atoms with E-state index < -0.39 is 0 Å². The smallest absolute Gasteiger partial charge is 0.319 e. The number of fused-ring (bicyclic) bond motifs is 2. The molecule has 1 aromatic carbocycles. The number of aromatic nitrogens is 4. The summed E-state index contributed by atoms with van der Waals surface area (Å²) in [4.78, 5) is 23.6. The highest BCUT2D eigenvalue weighted by atomic mass is 79.9. The Morgan fingerprint density at radius 2 is 2.13 bits per heavy atom. The fourth-order valence-corrected chi connectivity index (χ4v) is 4.30. The summed E-state index contributed by atoms with van der Waals surface area (Å²) >= 11 is 3.64. The highest BCUT2D eigenvalue weighted by Gasteiger charge is 2.21. The van der Waals surface area contributed by atoms with Crippen molar-refractivity contribution < 1.29 is 4.79 Å².